The van der Waals surface area contributed by atoms with Crippen molar-refractivity contribution in [3.63, 3.8) is 0 Å². The highest BCUT2D eigenvalue weighted by Gasteiger charge is 2.28. The zero-order valence-electron chi connectivity index (χ0n) is 6.53. The molecule has 1 aliphatic rings. The highest BCUT2D eigenvalue weighted by molar-refractivity contribution is 6.48. The summed E-state index contributed by atoms with van der Waals surface area (Å²) in [5, 5.41) is 7.17. The Bertz CT molecular complexity index is 426. The lowest BCUT2D eigenvalue weighted by molar-refractivity contribution is 0.106. The van der Waals surface area contributed by atoms with Crippen LogP contribution in [0.5, 0.6) is 0 Å². The minimum absolute atomic E-state index is 0.0306. The fourth-order valence-electron chi connectivity index (χ4n) is 1.44. The Labute approximate surface area is 72.7 Å². The lowest BCUT2D eigenvalue weighted by Gasteiger charge is -1.97. The van der Waals surface area contributed by atoms with Crippen molar-refractivity contribution < 1.29 is 13.6 Å². The monoisotopic (exact) mass is 181 g/mol. The van der Waals surface area contributed by atoms with E-state index in [0.717, 1.165) is 6.07 Å². The van der Waals surface area contributed by atoms with Crippen LogP contribution in [0.25, 0.3) is 0 Å². The second kappa shape index (κ2) is 2.45. The van der Waals surface area contributed by atoms with Crippen LogP contribution in [0, 0.1) is 17.0 Å². The summed E-state index contributed by atoms with van der Waals surface area (Å²) < 4.78 is 25.7. The van der Waals surface area contributed by atoms with Crippen LogP contribution < -0.4 is 0 Å². The maximum absolute atomic E-state index is 13.0. The van der Waals surface area contributed by atoms with E-state index >= 15 is 0 Å². The minimum atomic E-state index is -0.873. The number of Topliss-reactive ketones (excluding diaryl/α,β-unsaturated/α-hetero) is 1. The SMILES string of the molecule is N=C1Cc2cc(F)cc(F)c2C1=O. The van der Waals surface area contributed by atoms with Crippen LogP contribution in [0.2, 0.25) is 0 Å². The molecule has 0 heterocycles. The molecule has 1 N–H and O–H groups in total. The molecule has 1 aromatic carbocycles. The summed E-state index contributed by atoms with van der Waals surface area (Å²) >= 11 is 0. The van der Waals surface area contributed by atoms with Crippen molar-refractivity contribution in [2.24, 2.45) is 0 Å². The zero-order valence-corrected chi connectivity index (χ0v) is 6.53. The summed E-state index contributed by atoms with van der Waals surface area (Å²) in [7, 11) is 0. The van der Waals surface area contributed by atoms with Crippen molar-refractivity contribution in [1.29, 1.82) is 5.41 Å². The lowest BCUT2D eigenvalue weighted by Crippen LogP contribution is -2.06. The van der Waals surface area contributed by atoms with Gasteiger partial charge in [-0.1, -0.05) is 0 Å². The highest BCUT2D eigenvalue weighted by Crippen LogP contribution is 2.23. The molecule has 66 valence electrons. The van der Waals surface area contributed by atoms with Gasteiger partial charge < -0.3 is 5.41 Å². The number of hydrogen-bond donors (Lipinski definition) is 1. The van der Waals surface area contributed by atoms with Gasteiger partial charge in [-0.3, -0.25) is 4.79 Å². The Balaban J connectivity index is 2.71. The number of hydrogen-bond acceptors (Lipinski definition) is 2. The van der Waals surface area contributed by atoms with Crippen molar-refractivity contribution in [1.82, 2.24) is 0 Å². The van der Waals surface area contributed by atoms with Crippen LogP contribution in [0.4, 0.5) is 8.78 Å². The Morgan fingerprint density at radius 2 is 2.00 bits per heavy atom. The topological polar surface area (TPSA) is 40.9 Å². The summed E-state index contributed by atoms with van der Waals surface area (Å²) in [6.07, 6.45) is 0.0306. The van der Waals surface area contributed by atoms with Crippen molar-refractivity contribution in [3.05, 3.63) is 34.9 Å². The third kappa shape index (κ3) is 1.06. The van der Waals surface area contributed by atoms with E-state index in [4.69, 9.17) is 5.41 Å². The summed E-state index contributed by atoms with van der Waals surface area (Å²) in [5.41, 5.74) is -0.0570. The molecule has 0 saturated heterocycles. The Morgan fingerprint density at radius 3 is 2.69 bits per heavy atom. The summed E-state index contributed by atoms with van der Waals surface area (Å²) in [5.74, 6) is -2.21. The van der Waals surface area contributed by atoms with E-state index in [1.807, 2.05) is 0 Å². The third-order valence-corrected chi connectivity index (χ3v) is 2.01. The molecular weight excluding hydrogens is 176 g/mol. The summed E-state index contributed by atoms with van der Waals surface area (Å²) in [6.45, 7) is 0. The van der Waals surface area contributed by atoms with Gasteiger partial charge in [0, 0.05) is 12.5 Å². The van der Waals surface area contributed by atoms with Gasteiger partial charge in [0.25, 0.3) is 0 Å². The molecular formula is C9H5F2NO. The highest BCUT2D eigenvalue weighted by atomic mass is 19.1. The van der Waals surface area contributed by atoms with E-state index < -0.39 is 17.4 Å². The summed E-state index contributed by atoms with van der Waals surface area (Å²) in [4.78, 5) is 11.1. The van der Waals surface area contributed by atoms with Gasteiger partial charge in [0.1, 0.15) is 11.6 Å². The van der Waals surface area contributed by atoms with Crippen molar-refractivity contribution >= 4 is 11.5 Å². The number of carbonyl (C=O) groups excluding carboxylic acids is 1. The van der Waals surface area contributed by atoms with Crippen molar-refractivity contribution in [2.45, 2.75) is 6.42 Å². The first kappa shape index (κ1) is 8.04. The lowest BCUT2D eigenvalue weighted by atomic mass is 10.1. The molecule has 0 amide bonds. The standard InChI is InChI=1S/C9H5F2NO/c10-5-1-4-2-7(12)9(13)8(4)6(11)3-5/h1,3,12H,2H2. The van der Waals surface area contributed by atoms with E-state index in [1.54, 1.807) is 0 Å². The van der Waals surface area contributed by atoms with Gasteiger partial charge in [0.2, 0.25) is 5.78 Å². The molecule has 13 heavy (non-hydrogen) atoms. The molecule has 4 heteroatoms. The van der Waals surface area contributed by atoms with Crippen LogP contribution in [-0.2, 0) is 6.42 Å². The van der Waals surface area contributed by atoms with Gasteiger partial charge in [-0.05, 0) is 11.6 Å². The number of rotatable bonds is 0. The smallest absolute Gasteiger partial charge is 0.210 e. The molecule has 0 spiro atoms. The fraction of sp³-hybridized carbons (Fsp3) is 0.111. The number of halogens is 2. The van der Waals surface area contributed by atoms with Crippen LogP contribution in [0.1, 0.15) is 15.9 Å². The number of carbonyl (C=O) groups is 1. The number of ketones is 1. The summed E-state index contributed by atoms with van der Waals surface area (Å²) in [6, 6.07) is 1.76. The molecule has 1 aliphatic carbocycles. The van der Waals surface area contributed by atoms with Gasteiger partial charge in [-0.2, -0.15) is 0 Å². The zero-order chi connectivity index (χ0) is 9.59. The van der Waals surface area contributed by atoms with Gasteiger partial charge >= 0.3 is 0 Å². The normalized spacial score (nSPS) is 14.9. The van der Waals surface area contributed by atoms with E-state index in [0.29, 0.717) is 6.07 Å². The molecule has 0 unspecified atom stereocenters. The van der Waals surface area contributed by atoms with E-state index in [9.17, 15) is 13.6 Å². The predicted molar refractivity (Wildman–Crippen MR) is 42.1 cm³/mol. The average Bonchev–Trinajstić information content (AvgIpc) is 2.27. The maximum atomic E-state index is 13.0. The van der Waals surface area contributed by atoms with Crippen LogP contribution in [0.3, 0.4) is 0 Å². The van der Waals surface area contributed by atoms with Crippen LogP contribution >= 0.6 is 0 Å². The van der Waals surface area contributed by atoms with Crippen LogP contribution in [0.15, 0.2) is 12.1 Å². The molecule has 2 rings (SSSR count). The van der Waals surface area contributed by atoms with Crippen LogP contribution in [-0.4, -0.2) is 11.5 Å². The Hall–Kier alpha value is -1.58. The molecule has 2 nitrogen and oxygen atoms in total. The predicted octanol–water partition coefficient (Wildman–Crippen LogP) is 1.72. The number of nitrogens with one attached hydrogen (secondary N) is 1. The fourth-order valence-corrected chi connectivity index (χ4v) is 1.44. The van der Waals surface area contributed by atoms with Gasteiger partial charge in [-0.15, -0.1) is 0 Å². The molecule has 0 saturated carbocycles. The quantitative estimate of drug-likeness (QED) is 0.650. The average molecular weight is 181 g/mol. The van der Waals surface area contributed by atoms with E-state index in [1.165, 1.54) is 0 Å². The maximum Gasteiger partial charge on any atom is 0.210 e. The second-order valence-electron chi connectivity index (χ2n) is 2.91. The number of benzene rings is 1. The molecule has 1 aromatic rings. The molecule has 0 aliphatic heterocycles. The Kier molecular flexibility index (Phi) is 1.52. The first-order valence-corrected chi connectivity index (χ1v) is 3.69. The number of fused-ring (bicyclic) bond motifs is 1. The van der Waals surface area contributed by atoms with Crippen molar-refractivity contribution in [2.75, 3.05) is 0 Å². The van der Waals surface area contributed by atoms with Gasteiger partial charge in [0.15, 0.2) is 0 Å². The minimum Gasteiger partial charge on any atom is -0.301 e. The molecule has 0 aromatic heterocycles. The van der Waals surface area contributed by atoms with E-state index in [2.05, 4.69) is 0 Å². The largest absolute Gasteiger partial charge is 0.301 e. The van der Waals surface area contributed by atoms with Crippen molar-refractivity contribution in [3.8, 4) is 0 Å². The second-order valence-corrected chi connectivity index (χ2v) is 2.91. The van der Waals surface area contributed by atoms with Gasteiger partial charge in [-0.25, -0.2) is 8.78 Å². The third-order valence-electron chi connectivity index (χ3n) is 2.01. The Morgan fingerprint density at radius 1 is 1.31 bits per heavy atom. The molecule has 0 radical (unpaired) electrons. The molecule has 0 fully saturated rings. The van der Waals surface area contributed by atoms with Gasteiger partial charge in [0.05, 0.1) is 11.3 Å². The first-order chi connectivity index (χ1) is 6.09. The first-order valence-electron chi connectivity index (χ1n) is 3.69. The molecule has 0 atom stereocenters. The van der Waals surface area contributed by atoms with E-state index in [-0.39, 0.29) is 23.3 Å². The molecule has 0 bridgehead atoms.